The second-order valence-electron chi connectivity index (χ2n) is 8.77. The molecular formula is C24H24N4O4. The molecule has 2 heterocycles. The summed E-state index contributed by atoms with van der Waals surface area (Å²) in [6.45, 7) is 5.40. The molecule has 0 spiro atoms. The third-order valence-electron chi connectivity index (χ3n) is 5.18. The van der Waals surface area contributed by atoms with Gasteiger partial charge >= 0.3 is 11.8 Å². The Morgan fingerprint density at radius 1 is 1.16 bits per heavy atom. The van der Waals surface area contributed by atoms with E-state index in [1.54, 1.807) is 33.9 Å². The van der Waals surface area contributed by atoms with Crippen molar-refractivity contribution in [3.63, 3.8) is 0 Å². The van der Waals surface area contributed by atoms with E-state index in [0.717, 1.165) is 16.5 Å². The molecule has 1 unspecified atom stereocenters. The highest BCUT2D eigenvalue weighted by molar-refractivity contribution is 5.94. The fourth-order valence-corrected chi connectivity index (χ4v) is 3.69. The number of aromatic nitrogens is 2. The normalized spacial score (nSPS) is 12.8. The average Bonchev–Trinajstić information content (AvgIpc) is 3.22. The number of benzene rings is 2. The molecule has 0 fully saturated rings. The van der Waals surface area contributed by atoms with E-state index in [0.29, 0.717) is 22.3 Å². The van der Waals surface area contributed by atoms with E-state index >= 15 is 0 Å². The van der Waals surface area contributed by atoms with Gasteiger partial charge in [-0.3, -0.25) is 4.57 Å². The molecule has 32 heavy (non-hydrogen) atoms. The molecule has 0 radical (unpaired) electrons. The molecule has 0 amide bonds. The molecule has 0 bridgehead atoms. The van der Waals surface area contributed by atoms with E-state index in [1.807, 2.05) is 42.5 Å². The molecule has 2 N–H and O–H groups in total. The maximum Gasteiger partial charge on any atom is 0.419 e. The zero-order valence-corrected chi connectivity index (χ0v) is 18.4. The van der Waals surface area contributed by atoms with Crippen LogP contribution in [-0.2, 0) is 18.2 Å². The van der Waals surface area contributed by atoms with E-state index in [1.165, 1.54) is 9.13 Å². The molecule has 0 aliphatic rings. The number of carbonyl (C=O) groups excluding carboxylic acids is 1. The van der Waals surface area contributed by atoms with Crippen LogP contribution >= 0.6 is 0 Å². The van der Waals surface area contributed by atoms with Crippen molar-refractivity contribution in [1.82, 2.24) is 9.13 Å². The van der Waals surface area contributed by atoms with Crippen LogP contribution in [0.4, 0.5) is 4.79 Å². The molecule has 4 aromatic rings. The first-order valence-corrected chi connectivity index (χ1v) is 10.2. The van der Waals surface area contributed by atoms with Gasteiger partial charge in [0.15, 0.2) is 5.58 Å². The quantitative estimate of drug-likeness (QED) is 0.524. The number of rotatable bonds is 3. The lowest BCUT2D eigenvalue weighted by Gasteiger charge is -2.21. The van der Waals surface area contributed by atoms with Gasteiger partial charge in [0.1, 0.15) is 5.60 Å². The molecule has 0 saturated heterocycles. The van der Waals surface area contributed by atoms with E-state index in [2.05, 4.69) is 0 Å². The molecule has 0 saturated carbocycles. The summed E-state index contributed by atoms with van der Waals surface area (Å²) in [5.41, 5.74) is 9.32. The fraction of sp³-hybridized carbons (Fsp3) is 0.292. The maximum absolute atomic E-state index is 13.1. The van der Waals surface area contributed by atoms with Crippen molar-refractivity contribution in [2.24, 2.45) is 12.8 Å². The molecular weight excluding hydrogens is 408 g/mol. The molecule has 8 heteroatoms. The topological polar surface area (TPSA) is 116 Å². The summed E-state index contributed by atoms with van der Waals surface area (Å²) in [5.74, 6) is -0.426. The number of fused-ring (bicyclic) bond motifs is 2. The van der Waals surface area contributed by atoms with Crippen molar-refractivity contribution in [3.8, 4) is 17.2 Å². The fourth-order valence-electron chi connectivity index (χ4n) is 3.69. The molecule has 1 atom stereocenters. The minimum absolute atomic E-state index is 0.211. The number of nitriles is 1. The summed E-state index contributed by atoms with van der Waals surface area (Å²) in [5, 5.41) is 9.99. The zero-order valence-electron chi connectivity index (χ0n) is 18.4. The monoisotopic (exact) mass is 432 g/mol. The third kappa shape index (κ3) is 3.90. The summed E-state index contributed by atoms with van der Waals surface area (Å²) in [4.78, 5) is 24.9. The number of hydrogen-bond donors (Lipinski definition) is 1. The Bertz CT molecular complexity index is 1440. The predicted octanol–water partition coefficient (Wildman–Crippen LogP) is 3.93. The third-order valence-corrected chi connectivity index (χ3v) is 5.18. The molecule has 8 nitrogen and oxygen atoms in total. The van der Waals surface area contributed by atoms with Gasteiger partial charge in [0.2, 0.25) is 0 Å². The van der Waals surface area contributed by atoms with Crippen molar-refractivity contribution in [1.29, 1.82) is 5.26 Å². The Hall–Kier alpha value is -3.83. The van der Waals surface area contributed by atoms with Gasteiger partial charge in [-0.2, -0.15) is 5.26 Å². The summed E-state index contributed by atoms with van der Waals surface area (Å²) >= 11 is 0. The Morgan fingerprint density at radius 3 is 2.47 bits per heavy atom. The molecule has 0 aliphatic heterocycles. The summed E-state index contributed by atoms with van der Waals surface area (Å²) in [6.07, 6.45) is -0.319. The average molecular weight is 432 g/mol. The Labute approximate surface area is 184 Å². The first-order chi connectivity index (χ1) is 15.1. The Balaban J connectivity index is 1.88. The van der Waals surface area contributed by atoms with Gasteiger partial charge in [-0.05, 0) is 56.2 Å². The second kappa shape index (κ2) is 7.70. The predicted molar refractivity (Wildman–Crippen MR) is 121 cm³/mol. The van der Waals surface area contributed by atoms with Gasteiger partial charge in [0.05, 0.1) is 23.1 Å². The van der Waals surface area contributed by atoms with Crippen LogP contribution in [0.3, 0.4) is 0 Å². The second-order valence-corrected chi connectivity index (χ2v) is 8.77. The number of nitrogens with zero attached hydrogens (tertiary/aromatic N) is 3. The van der Waals surface area contributed by atoms with Gasteiger partial charge in [-0.15, -0.1) is 0 Å². The Morgan fingerprint density at radius 2 is 1.81 bits per heavy atom. The SMILES string of the molecule is Cn1c(=O)oc2ccc(-c3ccc4cc(CC(N)C#N)n(C(=O)OC(C)(C)C)c4c3)cc21. The van der Waals surface area contributed by atoms with E-state index in [4.69, 9.17) is 20.1 Å². The minimum atomic E-state index is -0.746. The number of hydrogen-bond acceptors (Lipinski definition) is 6. The van der Waals surface area contributed by atoms with E-state index in [-0.39, 0.29) is 6.42 Å². The first-order valence-electron chi connectivity index (χ1n) is 10.2. The molecule has 2 aromatic carbocycles. The van der Waals surface area contributed by atoms with Gasteiger partial charge in [-0.25, -0.2) is 14.2 Å². The lowest BCUT2D eigenvalue weighted by Crippen LogP contribution is -2.29. The standard InChI is InChI=1S/C24H24N4O4/c1-24(2,3)32-23(30)28-18(12-17(26)13-25)9-16-6-5-14(10-19(16)28)15-7-8-21-20(11-15)27(4)22(29)31-21/h5-11,17H,12,26H2,1-4H3. The molecule has 164 valence electrons. The maximum atomic E-state index is 13.1. The zero-order chi connectivity index (χ0) is 23.2. The largest absolute Gasteiger partial charge is 0.443 e. The van der Waals surface area contributed by atoms with Crippen LogP contribution in [0, 0.1) is 11.3 Å². The van der Waals surface area contributed by atoms with Crippen molar-refractivity contribution in [3.05, 3.63) is 58.7 Å². The number of oxazole rings is 1. The van der Waals surface area contributed by atoms with Gasteiger partial charge in [-0.1, -0.05) is 18.2 Å². The smallest absolute Gasteiger partial charge is 0.419 e. The lowest BCUT2D eigenvalue weighted by molar-refractivity contribution is 0.0540. The van der Waals surface area contributed by atoms with Crippen LogP contribution < -0.4 is 11.5 Å². The molecule has 0 aliphatic carbocycles. The van der Waals surface area contributed by atoms with Crippen LogP contribution in [0.5, 0.6) is 0 Å². The van der Waals surface area contributed by atoms with Gasteiger partial charge < -0.3 is 14.9 Å². The van der Waals surface area contributed by atoms with Crippen LogP contribution in [0.15, 0.2) is 51.7 Å². The Kier molecular flexibility index (Phi) is 5.15. The van der Waals surface area contributed by atoms with Crippen molar-refractivity contribution in [2.75, 3.05) is 0 Å². The van der Waals surface area contributed by atoms with Crippen LogP contribution in [-0.4, -0.2) is 26.9 Å². The molecule has 2 aromatic heterocycles. The number of carbonyl (C=O) groups is 1. The van der Waals surface area contributed by atoms with Crippen LogP contribution in [0.1, 0.15) is 26.5 Å². The van der Waals surface area contributed by atoms with E-state index in [9.17, 15) is 9.59 Å². The number of ether oxygens (including phenoxy) is 1. The van der Waals surface area contributed by atoms with Crippen molar-refractivity contribution in [2.45, 2.75) is 38.8 Å². The highest BCUT2D eigenvalue weighted by Crippen LogP contribution is 2.30. The first kappa shape index (κ1) is 21.4. The van der Waals surface area contributed by atoms with Crippen molar-refractivity contribution < 1.29 is 13.9 Å². The lowest BCUT2D eigenvalue weighted by atomic mass is 10.0. The number of aryl methyl sites for hydroxylation is 1. The van der Waals surface area contributed by atoms with Gasteiger partial charge in [0.25, 0.3) is 0 Å². The molecule has 4 rings (SSSR count). The summed E-state index contributed by atoms with van der Waals surface area (Å²) in [6, 6.07) is 14.3. The highest BCUT2D eigenvalue weighted by Gasteiger charge is 2.23. The summed E-state index contributed by atoms with van der Waals surface area (Å²) in [7, 11) is 1.65. The highest BCUT2D eigenvalue weighted by atomic mass is 16.6. The van der Waals surface area contributed by atoms with Crippen LogP contribution in [0.25, 0.3) is 33.1 Å². The van der Waals surface area contributed by atoms with E-state index < -0.39 is 23.5 Å². The van der Waals surface area contributed by atoms with Crippen molar-refractivity contribution >= 4 is 28.1 Å². The number of nitrogens with two attached hydrogens (primary N) is 1. The van der Waals surface area contributed by atoms with Gasteiger partial charge in [0, 0.05) is 24.5 Å². The minimum Gasteiger partial charge on any atom is -0.443 e. The summed E-state index contributed by atoms with van der Waals surface area (Å²) < 4.78 is 13.8. The van der Waals surface area contributed by atoms with Crippen LogP contribution in [0.2, 0.25) is 0 Å².